The van der Waals surface area contributed by atoms with Crippen LogP contribution in [0.1, 0.15) is 56.9 Å². The minimum atomic E-state index is 0.168. The molecule has 4 aliphatic rings. The van der Waals surface area contributed by atoms with Crippen LogP contribution in [0, 0.1) is 29.7 Å². The lowest BCUT2D eigenvalue weighted by Crippen LogP contribution is -2.47. The molecule has 4 aliphatic carbocycles. The highest BCUT2D eigenvalue weighted by molar-refractivity contribution is 6.01. The monoisotopic (exact) mass is 471 g/mol. The van der Waals surface area contributed by atoms with Gasteiger partial charge in [0, 0.05) is 23.9 Å². The Kier molecular flexibility index (Phi) is 6.23. The number of nitrogens with zero attached hydrogens (tertiary/aromatic N) is 1. The van der Waals surface area contributed by atoms with Gasteiger partial charge in [-0.15, -0.1) is 0 Å². The molecule has 4 bridgehead atoms. The number of aromatic nitrogens is 1. The lowest BCUT2D eigenvalue weighted by molar-refractivity contribution is -0.124. The zero-order chi connectivity index (χ0) is 23.7. The van der Waals surface area contributed by atoms with Crippen molar-refractivity contribution >= 4 is 28.3 Å². The molecule has 2 aromatic heterocycles. The van der Waals surface area contributed by atoms with Crippen molar-refractivity contribution in [1.29, 1.82) is 0 Å². The van der Waals surface area contributed by atoms with E-state index in [1.807, 2.05) is 36.9 Å². The highest BCUT2D eigenvalue weighted by Crippen LogP contribution is 2.61. The second kappa shape index (κ2) is 9.65. The zero-order valence-electron chi connectivity index (χ0n) is 20.3. The fourth-order valence-electron chi connectivity index (χ4n) is 7.36. The third-order valence-corrected chi connectivity index (χ3v) is 8.32. The van der Waals surface area contributed by atoms with E-state index in [1.165, 1.54) is 38.5 Å². The Hall–Kier alpha value is -2.86. The third kappa shape index (κ3) is 5.08. The Bertz CT molecular complexity index is 1140. The van der Waals surface area contributed by atoms with Gasteiger partial charge < -0.3 is 20.4 Å². The number of nitrogens with one attached hydrogen (secondary N) is 3. The van der Waals surface area contributed by atoms with Gasteiger partial charge in [-0.3, -0.25) is 4.79 Å². The van der Waals surface area contributed by atoms with Crippen LogP contribution in [0.2, 0.25) is 0 Å². The summed E-state index contributed by atoms with van der Waals surface area (Å²) in [5.41, 5.74) is 3.06. The zero-order valence-corrected chi connectivity index (χ0v) is 20.3. The highest BCUT2D eigenvalue weighted by Gasteiger charge is 2.51. The van der Waals surface area contributed by atoms with Crippen molar-refractivity contribution in [2.24, 2.45) is 23.2 Å². The lowest BCUT2D eigenvalue weighted by atomic mass is 9.49. The number of pyridine rings is 1. The largest absolute Gasteiger partial charge is 0.472 e. The van der Waals surface area contributed by atoms with Crippen LogP contribution in [-0.4, -0.2) is 24.0 Å². The van der Waals surface area contributed by atoms with Crippen LogP contribution in [0.15, 0.2) is 53.3 Å². The van der Waals surface area contributed by atoms with Crippen LogP contribution in [0.25, 0.3) is 10.9 Å². The number of anilines is 2. The summed E-state index contributed by atoms with van der Waals surface area (Å²) in [4.78, 5) is 17.9. The maximum Gasteiger partial charge on any atom is 0.224 e. The summed E-state index contributed by atoms with van der Waals surface area (Å²) in [6.45, 7) is 3.65. The van der Waals surface area contributed by atoms with Crippen molar-refractivity contribution in [1.82, 2.24) is 10.3 Å². The fourth-order valence-corrected chi connectivity index (χ4v) is 7.36. The summed E-state index contributed by atoms with van der Waals surface area (Å²) in [5.74, 6) is 3.63. The summed E-state index contributed by atoms with van der Waals surface area (Å²) < 4.78 is 5.06. The molecule has 1 amide bonds. The number of carbonyl (C=O) groups is 1. The average Bonchev–Trinajstić information content (AvgIpc) is 3.34. The highest BCUT2D eigenvalue weighted by atomic mass is 16.3. The Morgan fingerprint density at radius 1 is 1.03 bits per heavy atom. The molecule has 3 aromatic rings. The van der Waals surface area contributed by atoms with Gasteiger partial charge in [-0.1, -0.05) is 6.07 Å². The molecule has 183 valence electrons. The predicted octanol–water partition coefficient (Wildman–Crippen LogP) is 5.97. The average molecular weight is 472 g/mol. The molecule has 0 atom stereocenters. The van der Waals surface area contributed by atoms with Crippen LogP contribution in [0.4, 0.5) is 11.5 Å². The van der Waals surface area contributed by atoms with Gasteiger partial charge in [-0.05, 0) is 105 Å². The van der Waals surface area contributed by atoms with Crippen molar-refractivity contribution in [3.05, 3.63) is 61.0 Å². The van der Waals surface area contributed by atoms with Crippen molar-refractivity contribution < 1.29 is 9.21 Å². The second-order valence-corrected chi connectivity index (χ2v) is 11.1. The Labute approximate surface area is 207 Å². The van der Waals surface area contributed by atoms with E-state index in [0.717, 1.165) is 65.2 Å². The Morgan fingerprint density at radius 2 is 1.83 bits per heavy atom. The van der Waals surface area contributed by atoms with Crippen LogP contribution in [0.5, 0.6) is 0 Å². The van der Waals surface area contributed by atoms with Gasteiger partial charge >= 0.3 is 0 Å². The van der Waals surface area contributed by atoms with Gasteiger partial charge in [-0.25, -0.2) is 4.98 Å². The maximum atomic E-state index is 13.2. The van der Waals surface area contributed by atoms with Crippen LogP contribution in [0.3, 0.4) is 0 Å². The van der Waals surface area contributed by atoms with Gasteiger partial charge in [0.1, 0.15) is 5.82 Å². The number of fused-ring (bicyclic) bond motifs is 1. The molecule has 0 saturated heterocycles. The Morgan fingerprint density at radius 3 is 2.57 bits per heavy atom. The van der Waals surface area contributed by atoms with E-state index in [-0.39, 0.29) is 11.3 Å². The number of furan rings is 1. The molecule has 35 heavy (non-hydrogen) atoms. The van der Waals surface area contributed by atoms with Crippen molar-refractivity contribution in [3.8, 4) is 0 Å². The van der Waals surface area contributed by atoms with E-state index in [4.69, 9.17) is 9.40 Å². The molecule has 6 heteroatoms. The summed E-state index contributed by atoms with van der Waals surface area (Å²) in [6, 6.07) is 12.0. The SMILES string of the molecule is O=C(CC12CC3CC(CC(C3)C1)C2)Nc1cccc2nc(NCCCN[CH]c3ccoc3)ccc12. The number of hydrogen-bond acceptors (Lipinski definition) is 5. The number of carbonyl (C=O) groups excluding carboxylic acids is 1. The summed E-state index contributed by atoms with van der Waals surface area (Å²) >= 11 is 0. The van der Waals surface area contributed by atoms with Crippen molar-refractivity contribution in [2.75, 3.05) is 23.7 Å². The van der Waals surface area contributed by atoms with Crippen LogP contribution in [-0.2, 0) is 4.79 Å². The minimum absolute atomic E-state index is 0.168. The van der Waals surface area contributed by atoms with E-state index in [0.29, 0.717) is 6.42 Å². The quantitative estimate of drug-likeness (QED) is 0.317. The topological polar surface area (TPSA) is 79.2 Å². The smallest absolute Gasteiger partial charge is 0.224 e. The lowest BCUT2D eigenvalue weighted by Gasteiger charge is -2.56. The third-order valence-electron chi connectivity index (χ3n) is 8.32. The van der Waals surface area contributed by atoms with Gasteiger partial charge in [0.2, 0.25) is 5.91 Å². The first-order valence-corrected chi connectivity index (χ1v) is 13.2. The maximum absolute atomic E-state index is 13.2. The Balaban J connectivity index is 1.03. The van der Waals surface area contributed by atoms with E-state index in [1.54, 1.807) is 12.5 Å². The molecule has 0 spiro atoms. The summed E-state index contributed by atoms with van der Waals surface area (Å²) in [5, 5.41) is 10.9. The molecule has 0 unspecified atom stereocenters. The first kappa shape index (κ1) is 22.6. The van der Waals surface area contributed by atoms with Gasteiger partial charge in [0.15, 0.2) is 0 Å². The van der Waals surface area contributed by atoms with E-state index < -0.39 is 0 Å². The first-order valence-electron chi connectivity index (χ1n) is 13.2. The van der Waals surface area contributed by atoms with Gasteiger partial charge in [-0.2, -0.15) is 0 Å². The fraction of sp³-hybridized carbons (Fsp3) is 0.483. The van der Waals surface area contributed by atoms with Gasteiger partial charge in [0.05, 0.1) is 30.3 Å². The molecular formula is C29H35N4O2. The van der Waals surface area contributed by atoms with E-state index >= 15 is 0 Å². The molecule has 3 N–H and O–H groups in total. The molecular weight excluding hydrogens is 436 g/mol. The molecule has 1 radical (unpaired) electrons. The molecule has 7 rings (SSSR count). The van der Waals surface area contributed by atoms with Crippen LogP contribution >= 0.6 is 0 Å². The first-order chi connectivity index (χ1) is 17.1. The van der Waals surface area contributed by atoms with Crippen LogP contribution < -0.4 is 16.0 Å². The summed E-state index contributed by atoms with van der Waals surface area (Å²) in [6.07, 6.45) is 13.0. The number of rotatable bonds is 10. The predicted molar refractivity (Wildman–Crippen MR) is 139 cm³/mol. The number of amides is 1. The number of hydrogen-bond donors (Lipinski definition) is 3. The van der Waals surface area contributed by atoms with E-state index in [2.05, 4.69) is 22.0 Å². The standard InChI is InChI=1S/C29H35N4O2/c34-28(17-29-14-21-11-22(15-29)13-23(12-21)16-29)33-26-4-1-3-25-24(26)5-6-27(32-25)31-9-2-8-30-18-20-7-10-35-19-20/h1,3-7,10,18-19,21-23,30H,2,8-9,11-17H2,(H,31,32)(H,33,34). The second-order valence-electron chi connectivity index (χ2n) is 11.1. The van der Waals surface area contributed by atoms with E-state index in [9.17, 15) is 4.79 Å². The molecule has 6 nitrogen and oxygen atoms in total. The minimum Gasteiger partial charge on any atom is -0.472 e. The number of benzene rings is 1. The summed E-state index contributed by atoms with van der Waals surface area (Å²) in [7, 11) is 0. The molecule has 2 heterocycles. The normalized spacial score (nSPS) is 26.8. The molecule has 0 aliphatic heterocycles. The van der Waals surface area contributed by atoms with Crippen molar-refractivity contribution in [2.45, 2.75) is 51.4 Å². The van der Waals surface area contributed by atoms with Crippen molar-refractivity contribution in [3.63, 3.8) is 0 Å². The molecule has 1 aromatic carbocycles. The molecule has 4 saturated carbocycles. The molecule has 4 fully saturated rings. The van der Waals surface area contributed by atoms with Gasteiger partial charge in [0.25, 0.3) is 0 Å².